The second-order valence-corrected chi connectivity index (χ2v) is 8.39. The molecule has 4 rings (SSSR count). The first-order valence-electron chi connectivity index (χ1n) is 9.71. The smallest absolute Gasteiger partial charge is 0.247 e. The van der Waals surface area contributed by atoms with Crippen molar-refractivity contribution >= 4 is 23.4 Å². The summed E-state index contributed by atoms with van der Waals surface area (Å²) >= 11 is 1.37. The number of hydrogen-bond donors (Lipinski definition) is 0. The Bertz CT molecular complexity index is 1190. The van der Waals surface area contributed by atoms with E-state index in [0.29, 0.717) is 22.1 Å². The Labute approximate surface area is 182 Å². The van der Waals surface area contributed by atoms with Gasteiger partial charge in [-0.2, -0.15) is 4.98 Å². The van der Waals surface area contributed by atoms with Gasteiger partial charge in [-0.15, -0.1) is 10.2 Å². The second kappa shape index (κ2) is 8.22. The van der Waals surface area contributed by atoms with Gasteiger partial charge in [-0.25, -0.2) is 8.78 Å². The van der Waals surface area contributed by atoms with Crippen LogP contribution in [0.2, 0.25) is 0 Å². The van der Waals surface area contributed by atoms with Crippen molar-refractivity contribution in [3.05, 3.63) is 58.7 Å². The number of nitrogens with zero attached hydrogens (tertiary/aromatic N) is 4. The minimum absolute atomic E-state index is 0.106. The van der Waals surface area contributed by atoms with Crippen molar-refractivity contribution in [3.8, 4) is 17.1 Å². The predicted molar refractivity (Wildman–Crippen MR) is 114 cm³/mol. The highest BCUT2D eigenvalue weighted by molar-refractivity contribution is 7.99. The molecule has 0 saturated carbocycles. The fourth-order valence-corrected chi connectivity index (χ4v) is 4.22. The average Bonchev–Trinajstić information content (AvgIpc) is 2.85. The maximum atomic E-state index is 14.8. The summed E-state index contributed by atoms with van der Waals surface area (Å²) < 4.78 is 35.0. The van der Waals surface area contributed by atoms with Crippen molar-refractivity contribution < 1.29 is 18.3 Å². The van der Waals surface area contributed by atoms with E-state index < -0.39 is 23.8 Å². The minimum Gasteiger partial charge on any atom is -0.447 e. The first kappa shape index (κ1) is 21.2. The Kier molecular flexibility index (Phi) is 5.62. The number of fused-ring (bicyclic) bond motifs is 3. The molecule has 0 saturated heterocycles. The van der Waals surface area contributed by atoms with E-state index in [1.165, 1.54) is 35.7 Å². The van der Waals surface area contributed by atoms with Crippen LogP contribution in [-0.2, 0) is 4.79 Å². The zero-order chi connectivity index (χ0) is 22.3. The van der Waals surface area contributed by atoms with Crippen LogP contribution in [0.25, 0.3) is 11.3 Å². The summed E-state index contributed by atoms with van der Waals surface area (Å²) in [4.78, 5) is 18.6. The highest BCUT2D eigenvalue weighted by Gasteiger charge is 2.37. The molecular weight excluding hydrogens is 422 g/mol. The van der Waals surface area contributed by atoms with E-state index in [1.807, 2.05) is 32.9 Å². The maximum absolute atomic E-state index is 14.8. The lowest BCUT2D eigenvalue weighted by atomic mass is 10.00. The Morgan fingerprint density at radius 1 is 1.23 bits per heavy atom. The summed E-state index contributed by atoms with van der Waals surface area (Å²) in [6.45, 7) is 7.06. The molecule has 0 radical (unpaired) electrons. The molecular formula is C22H20F2N4O2S. The zero-order valence-corrected chi connectivity index (χ0v) is 18.3. The third kappa shape index (κ3) is 3.74. The van der Waals surface area contributed by atoms with Crippen LogP contribution < -0.4 is 9.64 Å². The number of rotatable bonds is 3. The number of benzene rings is 2. The summed E-state index contributed by atoms with van der Waals surface area (Å²) in [5.74, 6) is -1.69. The Hall–Kier alpha value is -3.07. The fourth-order valence-electron chi connectivity index (χ4n) is 3.71. The number of ether oxygens (including phenoxy) is 1. The van der Waals surface area contributed by atoms with Gasteiger partial charge in [-0.05, 0) is 37.3 Å². The van der Waals surface area contributed by atoms with Crippen LogP contribution in [-0.4, -0.2) is 26.8 Å². The SMILES string of the molecule is CCSc1nnc2c(n1)O[C@H](c1cccc(F)c1F)N(C(C)=O)c1c(C)cc(C)cc1-2. The van der Waals surface area contributed by atoms with E-state index in [9.17, 15) is 13.6 Å². The summed E-state index contributed by atoms with van der Waals surface area (Å²) in [5.41, 5.74) is 3.02. The lowest BCUT2D eigenvalue weighted by Gasteiger charge is -2.31. The van der Waals surface area contributed by atoms with Gasteiger partial charge in [0.2, 0.25) is 23.2 Å². The van der Waals surface area contributed by atoms with E-state index in [0.717, 1.165) is 22.9 Å². The second-order valence-electron chi connectivity index (χ2n) is 7.16. The van der Waals surface area contributed by atoms with E-state index in [4.69, 9.17) is 4.74 Å². The zero-order valence-electron chi connectivity index (χ0n) is 17.4. The summed E-state index contributed by atoms with van der Waals surface area (Å²) in [6.07, 6.45) is -1.27. The van der Waals surface area contributed by atoms with Gasteiger partial charge in [0.05, 0.1) is 11.3 Å². The number of carbonyl (C=O) groups excluding carboxylic acids is 1. The van der Waals surface area contributed by atoms with Gasteiger partial charge in [-0.3, -0.25) is 9.69 Å². The number of aromatic nitrogens is 3. The number of thioether (sulfide) groups is 1. The predicted octanol–water partition coefficient (Wildman–Crippen LogP) is 4.99. The molecule has 0 bridgehead atoms. The van der Waals surface area contributed by atoms with E-state index in [-0.39, 0.29) is 11.4 Å². The summed E-state index contributed by atoms with van der Waals surface area (Å²) in [6, 6.07) is 7.54. The van der Waals surface area contributed by atoms with Crippen LogP contribution in [0.1, 0.15) is 36.8 Å². The molecule has 0 fully saturated rings. The maximum Gasteiger partial charge on any atom is 0.247 e. The van der Waals surface area contributed by atoms with Crippen LogP contribution >= 0.6 is 11.8 Å². The van der Waals surface area contributed by atoms with Crippen molar-refractivity contribution in [1.82, 2.24) is 15.2 Å². The standard InChI is InChI=1S/C22H20F2N4O2S/c1-5-31-22-25-20-18(26-27-22)15-10-11(2)9-12(3)19(15)28(13(4)29)21(30-20)14-7-6-8-16(23)17(14)24/h6-10,21H,5H2,1-4H3/t21-/m1/s1. The highest BCUT2D eigenvalue weighted by atomic mass is 32.2. The fraction of sp³-hybridized carbons (Fsp3) is 0.273. The van der Waals surface area contributed by atoms with Gasteiger partial charge in [0.1, 0.15) is 0 Å². The van der Waals surface area contributed by atoms with E-state index in [1.54, 1.807) is 0 Å². The third-order valence-corrected chi connectivity index (χ3v) is 5.61. The molecule has 160 valence electrons. The monoisotopic (exact) mass is 442 g/mol. The normalized spacial score (nSPS) is 15.0. The molecule has 1 aliphatic rings. The molecule has 1 aliphatic heterocycles. The van der Waals surface area contributed by atoms with Gasteiger partial charge in [0.25, 0.3) is 0 Å². The van der Waals surface area contributed by atoms with Gasteiger partial charge in [0, 0.05) is 12.5 Å². The topological polar surface area (TPSA) is 68.2 Å². The van der Waals surface area contributed by atoms with E-state index in [2.05, 4.69) is 15.2 Å². The number of aryl methyl sites for hydroxylation is 2. The largest absolute Gasteiger partial charge is 0.447 e. The summed E-state index contributed by atoms with van der Waals surface area (Å²) in [7, 11) is 0. The number of halogens is 2. The van der Waals surface area contributed by atoms with Gasteiger partial charge in [0.15, 0.2) is 17.3 Å². The molecule has 9 heteroatoms. The molecule has 1 amide bonds. The van der Waals surface area contributed by atoms with Crippen molar-refractivity contribution in [2.24, 2.45) is 0 Å². The molecule has 2 aromatic carbocycles. The molecule has 31 heavy (non-hydrogen) atoms. The first-order chi connectivity index (χ1) is 14.8. The number of amides is 1. The molecule has 6 nitrogen and oxygen atoms in total. The summed E-state index contributed by atoms with van der Waals surface area (Å²) in [5, 5.41) is 8.88. The Morgan fingerprint density at radius 3 is 2.71 bits per heavy atom. The molecule has 1 aromatic heterocycles. The molecule has 0 aliphatic carbocycles. The first-order valence-corrected chi connectivity index (χ1v) is 10.7. The van der Waals surface area contributed by atoms with Crippen LogP contribution in [0, 0.1) is 25.5 Å². The van der Waals surface area contributed by atoms with Crippen LogP contribution in [0.3, 0.4) is 0 Å². The van der Waals surface area contributed by atoms with Crippen molar-refractivity contribution in [2.45, 2.75) is 39.1 Å². The lowest BCUT2D eigenvalue weighted by Crippen LogP contribution is -2.37. The number of anilines is 1. The molecule has 3 aromatic rings. The quantitative estimate of drug-likeness (QED) is 0.533. The molecule has 0 N–H and O–H groups in total. The van der Waals surface area contributed by atoms with Gasteiger partial charge in [-0.1, -0.05) is 42.4 Å². The Morgan fingerprint density at radius 2 is 2.00 bits per heavy atom. The highest BCUT2D eigenvalue weighted by Crippen LogP contribution is 2.45. The number of carbonyl (C=O) groups is 1. The average molecular weight is 442 g/mol. The molecule has 2 heterocycles. The van der Waals surface area contributed by atoms with Crippen LogP contribution in [0.15, 0.2) is 35.5 Å². The molecule has 0 spiro atoms. The molecule has 1 atom stereocenters. The van der Waals surface area contributed by atoms with Gasteiger partial charge >= 0.3 is 0 Å². The van der Waals surface area contributed by atoms with Gasteiger partial charge < -0.3 is 4.74 Å². The number of hydrogen-bond acceptors (Lipinski definition) is 6. The molecule has 0 unspecified atom stereocenters. The lowest BCUT2D eigenvalue weighted by molar-refractivity contribution is -0.118. The van der Waals surface area contributed by atoms with E-state index >= 15 is 0 Å². The van der Waals surface area contributed by atoms with Crippen LogP contribution in [0.5, 0.6) is 5.88 Å². The Balaban J connectivity index is 2.05. The van der Waals surface area contributed by atoms with Crippen molar-refractivity contribution in [1.29, 1.82) is 0 Å². The van der Waals surface area contributed by atoms with Crippen molar-refractivity contribution in [2.75, 3.05) is 10.7 Å². The minimum atomic E-state index is -1.27. The van der Waals surface area contributed by atoms with Crippen LogP contribution in [0.4, 0.5) is 14.5 Å². The van der Waals surface area contributed by atoms with Crippen molar-refractivity contribution in [3.63, 3.8) is 0 Å². The third-order valence-electron chi connectivity index (χ3n) is 4.89.